The van der Waals surface area contributed by atoms with Crippen LogP contribution in [0.1, 0.15) is 55.9 Å². The van der Waals surface area contributed by atoms with Crippen LogP contribution in [-0.2, 0) is 4.74 Å². The van der Waals surface area contributed by atoms with E-state index in [0.717, 1.165) is 18.7 Å². The molecule has 2 aromatic rings. The zero-order chi connectivity index (χ0) is 15.2. The summed E-state index contributed by atoms with van der Waals surface area (Å²) in [6.07, 6.45) is 4.55. The third-order valence-corrected chi connectivity index (χ3v) is 4.10. The number of ether oxygens (including phenoxy) is 1. The van der Waals surface area contributed by atoms with Crippen LogP contribution in [0.5, 0.6) is 0 Å². The second kappa shape index (κ2) is 7.26. The van der Waals surface area contributed by atoms with Crippen LogP contribution in [0.2, 0.25) is 0 Å². The van der Waals surface area contributed by atoms with Crippen molar-refractivity contribution in [1.82, 2.24) is 0 Å². The summed E-state index contributed by atoms with van der Waals surface area (Å²) < 4.78 is 6.21. The standard InChI is InChI=1S/C20H23NO/c1-2-3-6-15-18-21-19(16-11-7-4-8-12-16)20(22-18)17-13-9-5-10-14-17/h4-5,7-14,19-20H,2-3,6,15H2,1H3. The summed E-state index contributed by atoms with van der Waals surface area (Å²) in [6.45, 7) is 2.22. The molecule has 0 aliphatic carbocycles. The summed E-state index contributed by atoms with van der Waals surface area (Å²) in [5.74, 6) is 0.913. The van der Waals surface area contributed by atoms with Gasteiger partial charge in [0.1, 0.15) is 6.04 Å². The highest BCUT2D eigenvalue weighted by atomic mass is 16.5. The van der Waals surface area contributed by atoms with Crippen molar-refractivity contribution in [2.75, 3.05) is 0 Å². The van der Waals surface area contributed by atoms with Crippen molar-refractivity contribution in [1.29, 1.82) is 0 Å². The smallest absolute Gasteiger partial charge is 0.184 e. The van der Waals surface area contributed by atoms with Crippen molar-refractivity contribution in [2.45, 2.75) is 44.8 Å². The quantitative estimate of drug-likeness (QED) is 0.646. The fraction of sp³-hybridized carbons (Fsp3) is 0.350. The predicted molar refractivity (Wildman–Crippen MR) is 91.0 cm³/mol. The van der Waals surface area contributed by atoms with Gasteiger partial charge in [-0.25, -0.2) is 4.99 Å². The molecule has 114 valence electrons. The molecule has 0 spiro atoms. The summed E-state index contributed by atoms with van der Waals surface area (Å²) >= 11 is 0. The van der Waals surface area contributed by atoms with Gasteiger partial charge in [0, 0.05) is 6.42 Å². The average Bonchev–Trinajstić information content (AvgIpc) is 3.01. The highest BCUT2D eigenvalue weighted by Gasteiger charge is 2.32. The Morgan fingerprint density at radius 1 is 0.864 bits per heavy atom. The lowest BCUT2D eigenvalue weighted by molar-refractivity contribution is 0.191. The molecule has 3 rings (SSSR count). The van der Waals surface area contributed by atoms with E-state index >= 15 is 0 Å². The lowest BCUT2D eigenvalue weighted by Gasteiger charge is -2.18. The van der Waals surface area contributed by atoms with Gasteiger partial charge in [-0.15, -0.1) is 0 Å². The van der Waals surface area contributed by atoms with E-state index < -0.39 is 0 Å². The highest BCUT2D eigenvalue weighted by molar-refractivity contribution is 5.78. The van der Waals surface area contributed by atoms with Crippen LogP contribution in [0.25, 0.3) is 0 Å². The van der Waals surface area contributed by atoms with Crippen LogP contribution in [0, 0.1) is 0 Å². The molecular formula is C20H23NO. The number of rotatable bonds is 6. The molecule has 22 heavy (non-hydrogen) atoms. The van der Waals surface area contributed by atoms with E-state index in [2.05, 4.69) is 55.5 Å². The minimum Gasteiger partial charge on any atom is -0.470 e. The molecule has 0 aromatic heterocycles. The zero-order valence-corrected chi connectivity index (χ0v) is 13.1. The monoisotopic (exact) mass is 293 g/mol. The van der Waals surface area contributed by atoms with E-state index in [9.17, 15) is 0 Å². The van der Waals surface area contributed by atoms with Gasteiger partial charge >= 0.3 is 0 Å². The predicted octanol–water partition coefficient (Wildman–Crippen LogP) is 5.48. The molecule has 2 atom stereocenters. The largest absolute Gasteiger partial charge is 0.470 e. The third-order valence-electron chi connectivity index (χ3n) is 4.10. The maximum absolute atomic E-state index is 6.21. The molecule has 0 amide bonds. The second-order valence-electron chi connectivity index (χ2n) is 5.78. The number of aliphatic imine (C=N–C) groups is 1. The molecular weight excluding hydrogens is 270 g/mol. The molecule has 2 heteroatoms. The Morgan fingerprint density at radius 2 is 1.50 bits per heavy atom. The first-order valence-electron chi connectivity index (χ1n) is 8.21. The van der Waals surface area contributed by atoms with Crippen molar-refractivity contribution in [2.24, 2.45) is 4.99 Å². The van der Waals surface area contributed by atoms with Crippen LogP contribution >= 0.6 is 0 Å². The Bertz CT molecular complexity index is 606. The molecule has 0 saturated carbocycles. The van der Waals surface area contributed by atoms with Crippen LogP contribution in [0.15, 0.2) is 65.7 Å². The van der Waals surface area contributed by atoms with E-state index in [-0.39, 0.29) is 12.1 Å². The summed E-state index contributed by atoms with van der Waals surface area (Å²) in [6, 6.07) is 21.0. The fourth-order valence-electron chi connectivity index (χ4n) is 2.91. The van der Waals surface area contributed by atoms with Crippen molar-refractivity contribution < 1.29 is 4.74 Å². The van der Waals surface area contributed by atoms with E-state index in [1.54, 1.807) is 0 Å². The molecule has 0 N–H and O–H groups in total. The van der Waals surface area contributed by atoms with Gasteiger partial charge < -0.3 is 4.74 Å². The van der Waals surface area contributed by atoms with Crippen LogP contribution in [0.3, 0.4) is 0 Å². The lowest BCUT2D eigenvalue weighted by Crippen LogP contribution is -2.08. The van der Waals surface area contributed by atoms with Crippen molar-refractivity contribution >= 4 is 5.90 Å². The van der Waals surface area contributed by atoms with Gasteiger partial charge in [0.2, 0.25) is 0 Å². The average molecular weight is 293 g/mol. The van der Waals surface area contributed by atoms with Crippen LogP contribution < -0.4 is 0 Å². The molecule has 0 saturated heterocycles. The molecule has 1 aliphatic rings. The first-order chi connectivity index (χ1) is 10.9. The normalized spacial score (nSPS) is 20.5. The Labute approximate surface area is 132 Å². The maximum Gasteiger partial charge on any atom is 0.184 e. The minimum atomic E-state index is 0.000210. The number of benzene rings is 2. The molecule has 1 heterocycles. The zero-order valence-electron chi connectivity index (χ0n) is 13.1. The Kier molecular flexibility index (Phi) is 4.89. The maximum atomic E-state index is 6.21. The Morgan fingerprint density at radius 3 is 2.14 bits per heavy atom. The second-order valence-corrected chi connectivity index (χ2v) is 5.78. The SMILES string of the molecule is CCCCCC1=NC(c2ccccc2)C(c2ccccc2)O1. The molecule has 2 aromatic carbocycles. The lowest BCUT2D eigenvalue weighted by atomic mass is 9.97. The first kappa shape index (κ1) is 14.8. The van der Waals surface area contributed by atoms with E-state index in [4.69, 9.17) is 9.73 Å². The number of hydrogen-bond acceptors (Lipinski definition) is 2. The van der Waals surface area contributed by atoms with Gasteiger partial charge in [-0.1, -0.05) is 80.4 Å². The Hall–Kier alpha value is -2.09. The van der Waals surface area contributed by atoms with Gasteiger partial charge in [-0.05, 0) is 17.5 Å². The molecule has 0 bridgehead atoms. The van der Waals surface area contributed by atoms with E-state index in [1.165, 1.54) is 24.0 Å². The summed E-state index contributed by atoms with van der Waals surface area (Å²) in [7, 11) is 0. The summed E-state index contributed by atoms with van der Waals surface area (Å²) in [5, 5.41) is 0. The number of hydrogen-bond donors (Lipinski definition) is 0. The van der Waals surface area contributed by atoms with Crippen LogP contribution in [-0.4, -0.2) is 5.90 Å². The third kappa shape index (κ3) is 3.38. The van der Waals surface area contributed by atoms with Crippen molar-refractivity contribution in [3.63, 3.8) is 0 Å². The molecule has 1 aliphatic heterocycles. The molecule has 0 fully saturated rings. The van der Waals surface area contributed by atoms with E-state index in [0.29, 0.717) is 0 Å². The van der Waals surface area contributed by atoms with Gasteiger partial charge in [0.25, 0.3) is 0 Å². The van der Waals surface area contributed by atoms with Gasteiger partial charge in [0.05, 0.1) is 0 Å². The number of unbranched alkanes of at least 4 members (excludes halogenated alkanes) is 2. The highest BCUT2D eigenvalue weighted by Crippen LogP contribution is 2.40. The van der Waals surface area contributed by atoms with Crippen LogP contribution in [0.4, 0.5) is 0 Å². The molecule has 0 radical (unpaired) electrons. The Balaban J connectivity index is 1.83. The van der Waals surface area contributed by atoms with Crippen molar-refractivity contribution in [3.8, 4) is 0 Å². The fourth-order valence-corrected chi connectivity index (χ4v) is 2.91. The van der Waals surface area contributed by atoms with Gasteiger partial charge in [0.15, 0.2) is 12.0 Å². The topological polar surface area (TPSA) is 21.6 Å². The summed E-state index contributed by atoms with van der Waals surface area (Å²) in [5.41, 5.74) is 2.42. The molecule has 2 nitrogen and oxygen atoms in total. The van der Waals surface area contributed by atoms with Gasteiger partial charge in [-0.2, -0.15) is 0 Å². The number of nitrogens with zero attached hydrogens (tertiary/aromatic N) is 1. The summed E-state index contributed by atoms with van der Waals surface area (Å²) in [4.78, 5) is 4.88. The minimum absolute atomic E-state index is 0.000210. The van der Waals surface area contributed by atoms with Gasteiger partial charge in [-0.3, -0.25) is 0 Å². The van der Waals surface area contributed by atoms with E-state index in [1.807, 2.05) is 12.1 Å². The first-order valence-corrected chi connectivity index (χ1v) is 8.21. The van der Waals surface area contributed by atoms with Crippen molar-refractivity contribution in [3.05, 3.63) is 71.8 Å². The molecule has 2 unspecified atom stereocenters.